The average molecular weight is 305 g/mol. The van der Waals surface area contributed by atoms with Crippen LogP contribution < -0.4 is 5.73 Å². The third-order valence-corrected chi connectivity index (χ3v) is 3.89. The number of hydrogen-bond acceptors (Lipinski definition) is 5. The van der Waals surface area contributed by atoms with Crippen LogP contribution in [0.5, 0.6) is 0 Å². The van der Waals surface area contributed by atoms with Gasteiger partial charge >= 0.3 is 0 Å². The number of hydrogen-bond donors (Lipinski definition) is 5. The van der Waals surface area contributed by atoms with Gasteiger partial charge in [-0.25, -0.2) is 0 Å². The highest BCUT2D eigenvalue weighted by Gasteiger charge is 2.26. The van der Waals surface area contributed by atoms with E-state index in [2.05, 4.69) is 11.8 Å². The van der Waals surface area contributed by atoms with E-state index < -0.39 is 24.0 Å². The van der Waals surface area contributed by atoms with Gasteiger partial charge in [-0.15, -0.1) is 0 Å². The summed E-state index contributed by atoms with van der Waals surface area (Å²) < 4.78 is 0. The molecule has 1 unspecified atom stereocenters. The van der Waals surface area contributed by atoms with E-state index in [9.17, 15) is 10.2 Å². The van der Waals surface area contributed by atoms with E-state index >= 15 is 0 Å². The zero-order chi connectivity index (χ0) is 16.2. The molecule has 0 aliphatic heterocycles. The van der Waals surface area contributed by atoms with Gasteiger partial charge in [-0.05, 0) is 43.4 Å². The minimum absolute atomic E-state index is 0.395. The first kappa shape index (κ1) is 16.9. The molecule has 0 spiro atoms. The molecule has 1 aromatic rings. The SMILES string of the molecule is NC(O)(O)CC(O)c1cccc(C#CC2(O)CCCCC2)c1. The zero-order valence-corrected chi connectivity index (χ0v) is 12.5. The molecule has 0 saturated heterocycles. The van der Waals surface area contributed by atoms with E-state index in [0.717, 1.165) is 19.3 Å². The topological polar surface area (TPSA) is 107 Å². The fourth-order valence-electron chi connectivity index (χ4n) is 2.68. The van der Waals surface area contributed by atoms with Crippen LogP contribution in [-0.2, 0) is 0 Å². The minimum Gasteiger partial charge on any atom is -0.388 e. The maximum Gasteiger partial charge on any atom is 0.222 e. The fourth-order valence-corrected chi connectivity index (χ4v) is 2.68. The summed E-state index contributed by atoms with van der Waals surface area (Å²) in [4.78, 5) is 0. The van der Waals surface area contributed by atoms with Crippen LogP contribution in [0.4, 0.5) is 0 Å². The highest BCUT2D eigenvalue weighted by Crippen LogP contribution is 2.27. The highest BCUT2D eigenvalue weighted by molar-refractivity contribution is 5.39. The summed E-state index contributed by atoms with van der Waals surface area (Å²) in [5.74, 6) is 3.46. The number of aliphatic hydroxyl groups is 4. The van der Waals surface area contributed by atoms with E-state index in [0.29, 0.717) is 24.0 Å². The van der Waals surface area contributed by atoms with Crippen LogP contribution >= 0.6 is 0 Å². The lowest BCUT2D eigenvalue weighted by Crippen LogP contribution is -2.40. The van der Waals surface area contributed by atoms with Crippen LogP contribution in [0.2, 0.25) is 0 Å². The van der Waals surface area contributed by atoms with Crippen molar-refractivity contribution >= 4 is 0 Å². The molecule has 1 fully saturated rings. The van der Waals surface area contributed by atoms with Gasteiger partial charge in [-0.3, -0.25) is 5.73 Å². The lowest BCUT2D eigenvalue weighted by Gasteiger charge is -2.26. The second-order valence-electron chi connectivity index (χ2n) is 6.07. The first-order valence-electron chi connectivity index (χ1n) is 7.55. The second-order valence-corrected chi connectivity index (χ2v) is 6.07. The van der Waals surface area contributed by atoms with Crippen molar-refractivity contribution in [3.63, 3.8) is 0 Å². The molecule has 5 heteroatoms. The summed E-state index contributed by atoms with van der Waals surface area (Å²) in [6, 6.07) is 6.83. The van der Waals surface area contributed by atoms with Gasteiger partial charge in [0.05, 0.1) is 6.10 Å². The molecular formula is C17H23NO4. The van der Waals surface area contributed by atoms with Crippen molar-refractivity contribution in [2.75, 3.05) is 0 Å². The van der Waals surface area contributed by atoms with Crippen LogP contribution in [0, 0.1) is 11.8 Å². The van der Waals surface area contributed by atoms with Gasteiger partial charge in [0.2, 0.25) is 5.91 Å². The molecule has 1 aromatic carbocycles. The van der Waals surface area contributed by atoms with Gasteiger partial charge < -0.3 is 20.4 Å². The molecule has 0 bridgehead atoms. The van der Waals surface area contributed by atoms with Crippen LogP contribution in [0.1, 0.15) is 55.8 Å². The Kier molecular flexibility index (Phi) is 5.22. The molecular weight excluding hydrogens is 282 g/mol. The Morgan fingerprint density at radius 1 is 1.23 bits per heavy atom. The molecule has 5 nitrogen and oxygen atoms in total. The number of rotatable bonds is 3. The lowest BCUT2D eigenvalue weighted by molar-refractivity contribution is -0.176. The van der Waals surface area contributed by atoms with E-state index in [4.69, 9.17) is 15.9 Å². The van der Waals surface area contributed by atoms with Crippen molar-refractivity contribution in [1.82, 2.24) is 0 Å². The second kappa shape index (κ2) is 6.78. The Hall–Kier alpha value is -1.42. The van der Waals surface area contributed by atoms with Crippen molar-refractivity contribution in [3.8, 4) is 11.8 Å². The monoisotopic (exact) mass is 305 g/mol. The summed E-state index contributed by atoms with van der Waals surface area (Å²) >= 11 is 0. The molecule has 6 N–H and O–H groups in total. The fraction of sp³-hybridized carbons (Fsp3) is 0.529. The summed E-state index contributed by atoms with van der Waals surface area (Å²) in [6.45, 7) is 0. The molecule has 2 rings (SSSR count). The van der Waals surface area contributed by atoms with Gasteiger partial charge in [-0.2, -0.15) is 0 Å². The normalized spacial score (nSPS) is 19.1. The molecule has 0 heterocycles. The summed E-state index contributed by atoms with van der Waals surface area (Å²) in [6.07, 6.45) is 2.98. The molecule has 120 valence electrons. The van der Waals surface area contributed by atoms with Crippen molar-refractivity contribution in [2.45, 2.75) is 56.1 Å². The van der Waals surface area contributed by atoms with Crippen molar-refractivity contribution in [1.29, 1.82) is 0 Å². The predicted octanol–water partition coefficient (Wildman–Crippen LogP) is 0.754. The van der Waals surface area contributed by atoms with Crippen molar-refractivity contribution in [2.24, 2.45) is 5.73 Å². The maximum absolute atomic E-state index is 10.4. The van der Waals surface area contributed by atoms with E-state index in [-0.39, 0.29) is 0 Å². The predicted molar refractivity (Wildman–Crippen MR) is 82.3 cm³/mol. The van der Waals surface area contributed by atoms with E-state index in [1.165, 1.54) is 0 Å². The minimum atomic E-state index is -2.42. The number of benzene rings is 1. The third-order valence-electron chi connectivity index (χ3n) is 3.89. The van der Waals surface area contributed by atoms with E-state index in [1.807, 2.05) is 0 Å². The number of aliphatic hydroxyl groups excluding tert-OH is 1. The van der Waals surface area contributed by atoms with E-state index in [1.54, 1.807) is 24.3 Å². The first-order valence-corrected chi connectivity index (χ1v) is 7.55. The summed E-state index contributed by atoms with van der Waals surface area (Å²) in [7, 11) is 0. The Morgan fingerprint density at radius 2 is 1.91 bits per heavy atom. The average Bonchev–Trinajstić information content (AvgIpc) is 2.45. The van der Waals surface area contributed by atoms with Gasteiger partial charge in [0, 0.05) is 12.0 Å². The third kappa shape index (κ3) is 5.09. The zero-order valence-electron chi connectivity index (χ0n) is 12.5. The summed E-state index contributed by atoms with van der Waals surface area (Å²) in [5, 5.41) is 38.6. The van der Waals surface area contributed by atoms with Crippen molar-refractivity contribution < 1.29 is 20.4 Å². The van der Waals surface area contributed by atoms with Crippen LogP contribution in [-0.4, -0.2) is 31.9 Å². The van der Waals surface area contributed by atoms with Gasteiger partial charge in [0.25, 0.3) is 0 Å². The van der Waals surface area contributed by atoms with Crippen molar-refractivity contribution in [3.05, 3.63) is 35.4 Å². The standard InChI is InChI=1S/C17H23NO4/c18-17(21,22)12-15(19)14-6-4-5-13(11-14)7-10-16(20)8-2-1-3-9-16/h4-6,11,15,19-22H,1-3,8-9,12,18H2. The van der Waals surface area contributed by atoms with Gasteiger partial charge in [-0.1, -0.05) is 30.4 Å². The highest BCUT2D eigenvalue weighted by atomic mass is 16.5. The Bertz CT molecular complexity index is 562. The van der Waals surface area contributed by atoms with Crippen LogP contribution in [0.3, 0.4) is 0 Å². The quantitative estimate of drug-likeness (QED) is 0.418. The smallest absolute Gasteiger partial charge is 0.222 e. The molecule has 1 atom stereocenters. The van der Waals surface area contributed by atoms with Gasteiger partial charge in [0.1, 0.15) is 5.60 Å². The molecule has 1 aliphatic carbocycles. The van der Waals surface area contributed by atoms with Gasteiger partial charge in [0.15, 0.2) is 0 Å². The maximum atomic E-state index is 10.4. The lowest BCUT2D eigenvalue weighted by atomic mass is 9.85. The molecule has 0 amide bonds. The number of nitrogens with two attached hydrogens (primary N) is 1. The molecule has 0 radical (unpaired) electrons. The Labute approximate surface area is 130 Å². The largest absolute Gasteiger partial charge is 0.388 e. The van der Waals surface area contributed by atoms with Crippen LogP contribution in [0.25, 0.3) is 0 Å². The summed E-state index contributed by atoms with van der Waals surface area (Å²) in [5.41, 5.74) is 5.32. The molecule has 22 heavy (non-hydrogen) atoms. The molecule has 1 aliphatic rings. The Balaban J connectivity index is 2.12. The first-order chi connectivity index (χ1) is 10.3. The Morgan fingerprint density at radius 3 is 2.55 bits per heavy atom. The molecule has 0 aromatic heterocycles. The molecule has 1 saturated carbocycles. The van der Waals surface area contributed by atoms with Crippen LogP contribution in [0.15, 0.2) is 24.3 Å².